The van der Waals surface area contributed by atoms with Gasteiger partial charge in [0.25, 0.3) is 0 Å². The molecule has 0 heterocycles. The zero-order valence-electron chi connectivity index (χ0n) is 12.4. The largest absolute Gasteiger partial charge is 0.743 e. The van der Waals surface area contributed by atoms with Gasteiger partial charge in [-0.15, -0.1) is 0 Å². The van der Waals surface area contributed by atoms with Gasteiger partial charge in [-0.25, -0.2) is 8.42 Å². The minimum atomic E-state index is -6.54. The molecule has 0 spiro atoms. The first kappa shape index (κ1) is 21.5. The molecule has 0 rings (SSSR count). The van der Waals surface area contributed by atoms with E-state index < -0.39 is 39.4 Å². The van der Waals surface area contributed by atoms with Gasteiger partial charge < -0.3 is 14.0 Å². The van der Waals surface area contributed by atoms with Gasteiger partial charge in [-0.1, -0.05) is 0 Å². The first-order valence-electron chi connectivity index (χ1n) is 6.24. The van der Waals surface area contributed by atoms with Crippen LogP contribution in [-0.4, -0.2) is 48.8 Å². The van der Waals surface area contributed by atoms with Crippen LogP contribution >= 0.6 is 0 Å². The Hall–Kier alpha value is -0.520. The first-order chi connectivity index (χ1) is 9.54. The summed E-state index contributed by atoms with van der Waals surface area (Å²) in [4.78, 5) is 0. The molecule has 0 aliphatic heterocycles. The number of ether oxygens (including phenoxy) is 2. The highest BCUT2D eigenvalue weighted by Gasteiger charge is 2.61. The Balaban J connectivity index is 5.29. The highest BCUT2D eigenvalue weighted by molar-refractivity contribution is 7.86. The van der Waals surface area contributed by atoms with Crippen molar-refractivity contribution >= 4 is 10.1 Å². The molecule has 0 aliphatic carbocycles. The maximum Gasteiger partial charge on any atom is 0.421 e. The SMILES string of the molecule is CCOC(C)(C)CC(C)OC(C(F)(F)F)C(F)(F)S(=O)(=O)[O-]. The summed E-state index contributed by atoms with van der Waals surface area (Å²) < 4.78 is 105. The Labute approximate surface area is 125 Å². The van der Waals surface area contributed by atoms with Crippen LogP contribution in [0.4, 0.5) is 22.0 Å². The molecule has 0 aliphatic rings. The maximum atomic E-state index is 13.3. The standard InChI is InChI=1S/C11H19F5O5S/c1-5-20-9(3,4)6-7(2)21-8(10(12,13)14)11(15,16)22(17,18)19/h7-8H,5-6H2,1-4H3,(H,17,18,19)/p-1. The number of rotatable bonds is 8. The van der Waals surface area contributed by atoms with E-state index in [2.05, 4.69) is 4.74 Å². The number of alkyl halides is 5. The maximum absolute atomic E-state index is 13.3. The van der Waals surface area contributed by atoms with E-state index in [1.807, 2.05) is 0 Å². The lowest BCUT2D eigenvalue weighted by molar-refractivity contribution is -0.278. The molecule has 5 nitrogen and oxygen atoms in total. The van der Waals surface area contributed by atoms with Gasteiger partial charge >= 0.3 is 11.4 Å². The third-order valence-electron chi connectivity index (χ3n) is 2.62. The molecule has 0 aromatic rings. The first-order valence-corrected chi connectivity index (χ1v) is 7.65. The van der Waals surface area contributed by atoms with Gasteiger partial charge in [0.1, 0.15) is 0 Å². The van der Waals surface area contributed by atoms with Crippen LogP contribution in [0, 0.1) is 0 Å². The Kier molecular flexibility index (Phi) is 6.77. The lowest BCUT2D eigenvalue weighted by Crippen LogP contribution is -2.53. The van der Waals surface area contributed by atoms with Crippen LogP contribution in [0.3, 0.4) is 0 Å². The zero-order chi connectivity index (χ0) is 18.0. The summed E-state index contributed by atoms with van der Waals surface area (Å²) in [5, 5.41) is -5.63. The van der Waals surface area contributed by atoms with E-state index in [1.165, 1.54) is 13.8 Å². The topological polar surface area (TPSA) is 75.7 Å². The normalized spacial score (nSPS) is 17.4. The van der Waals surface area contributed by atoms with Gasteiger partial charge in [0.05, 0.1) is 11.7 Å². The molecule has 22 heavy (non-hydrogen) atoms. The molecule has 0 amide bonds. The second-order valence-electron chi connectivity index (χ2n) is 5.28. The van der Waals surface area contributed by atoms with E-state index >= 15 is 0 Å². The Bertz CT molecular complexity index is 460. The lowest BCUT2D eigenvalue weighted by Gasteiger charge is -2.34. The van der Waals surface area contributed by atoms with E-state index in [0.717, 1.165) is 6.92 Å². The average molecular weight is 357 g/mol. The molecular formula is C11H18F5O5S-. The number of halogens is 5. The fraction of sp³-hybridized carbons (Fsp3) is 1.00. The summed E-state index contributed by atoms with van der Waals surface area (Å²) in [5.74, 6) is 0. The van der Waals surface area contributed by atoms with E-state index in [-0.39, 0.29) is 13.0 Å². The molecule has 0 N–H and O–H groups in total. The van der Waals surface area contributed by atoms with E-state index in [1.54, 1.807) is 6.92 Å². The monoisotopic (exact) mass is 357 g/mol. The molecule has 0 saturated heterocycles. The van der Waals surface area contributed by atoms with Crippen molar-refractivity contribution < 1.29 is 44.4 Å². The minimum Gasteiger partial charge on any atom is -0.743 e. The van der Waals surface area contributed by atoms with Crippen LogP contribution in [0.25, 0.3) is 0 Å². The van der Waals surface area contributed by atoms with Crippen LogP contribution in [0.15, 0.2) is 0 Å². The summed E-state index contributed by atoms with van der Waals surface area (Å²) in [6.07, 6.45) is -11.4. The second-order valence-corrected chi connectivity index (χ2v) is 6.73. The van der Waals surface area contributed by atoms with E-state index in [4.69, 9.17) is 4.74 Å². The molecular weight excluding hydrogens is 339 g/mol. The van der Waals surface area contributed by atoms with Crippen LogP contribution in [0.5, 0.6) is 0 Å². The number of hydrogen-bond acceptors (Lipinski definition) is 5. The Morgan fingerprint density at radius 2 is 1.59 bits per heavy atom. The fourth-order valence-electron chi connectivity index (χ4n) is 1.90. The molecule has 0 aromatic heterocycles. The Morgan fingerprint density at radius 3 is 1.91 bits per heavy atom. The summed E-state index contributed by atoms with van der Waals surface area (Å²) in [7, 11) is -6.54. The van der Waals surface area contributed by atoms with Crippen molar-refractivity contribution in [2.45, 2.75) is 63.4 Å². The second kappa shape index (κ2) is 6.93. The van der Waals surface area contributed by atoms with Gasteiger partial charge in [-0.3, -0.25) is 0 Å². The van der Waals surface area contributed by atoms with Crippen LogP contribution in [0.1, 0.15) is 34.1 Å². The zero-order valence-corrected chi connectivity index (χ0v) is 13.2. The van der Waals surface area contributed by atoms with Gasteiger partial charge in [-0.05, 0) is 27.7 Å². The van der Waals surface area contributed by atoms with E-state index in [0.29, 0.717) is 0 Å². The minimum absolute atomic E-state index is 0.220. The van der Waals surface area contributed by atoms with Gasteiger partial charge in [0, 0.05) is 13.0 Å². The summed E-state index contributed by atoms with van der Waals surface area (Å²) in [6, 6.07) is 0. The smallest absolute Gasteiger partial charge is 0.421 e. The van der Waals surface area contributed by atoms with Gasteiger partial charge in [-0.2, -0.15) is 22.0 Å². The molecule has 0 radical (unpaired) electrons. The molecule has 134 valence electrons. The molecule has 0 bridgehead atoms. The fourth-order valence-corrected chi connectivity index (χ4v) is 2.35. The Morgan fingerprint density at radius 1 is 1.14 bits per heavy atom. The third-order valence-corrected chi connectivity index (χ3v) is 3.50. The average Bonchev–Trinajstić information content (AvgIpc) is 2.21. The summed E-state index contributed by atoms with van der Waals surface area (Å²) >= 11 is 0. The van der Waals surface area contributed by atoms with Crippen molar-refractivity contribution in [3.05, 3.63) is 0 Å². The molecule has 0 saturated carbocycles. The predicted octanol–water partition coefficient (Wildman–Crippen LogP) is 2.67. The predicted molar refractivity (Wildman–Crippen MR) is 65.4 cm³/mol. The quantitative estimate of drug-likeness (QED) is 0.493. The molecule has 0 fully saturated rings. The van der Waals surface area contributed by atoms with Crippen molar-refractivity contribution in [3.63, 3.8) is 0 Å². The third kappa shape index (κ3) is 5.94. The molecule has 11 heteroatoms. The lowest BCUT2D eigenvalue weighted by atomic mass is 10.0. The van der Waals surface area contributed by atoms with Crippen molar-refractivity contribution in [1.82, 2.24) is 0 Å². The van der Waals surface area contributed by atoms with Crippen molar-refractivity contribution in [3.8, 4) is 0 Å². The highest BCUT2D eigenvalue weighted by atomic mass is 32.2. The molecule has 2 unspecified atom stereocenters. The molecule has 0 aromatic carbocycles. The van der Waals surface area contributed by atoms with Crippen LogP contribution < -0.4 is 0 Å². The van der Waals surface area contributed by atoms with Crippen LogP contribution in [-0.2, 0) is 19.6 Å². The van der Waals surface area contributed by atoms with Crippen molar-refractivity contribution in [2.75, 3.05) is 6.61 Å². The number of hydrogen-bond donors (Lipinski definition) is 0. The summed E-state index contributed by atoms with van der Waals surface area (Å²) in [6.45, 7) is 5.91. The summed E-state index contributed by atoms with van der Waals surface area (Å²) in [5.41, 5.74) is -0.976. The van der Waals surface area contributed by atoms with Crippen molar-refractivity contribution in [2.24, 2.45) is 0 Å². The van der Waals surface area contributed by atoms with Crippen molar-refractivity contribution in [1.29, 1.82) is 0 Å². The van der Waals surface area contributed by atoms with Gasteiger partial charge in [0.2, 0.25) is 6.10 Å². The van der Waals surface area contributed by atoms with Crippen LogP contribution in [0.2, 0.25) is 0 Å². The molecule has 2 atom stereocenters. The van der Waals surface area contributed by atoms with E-state index in [9.17, 15) is 34.9 Å². The highest BCUT2D eigenvalue weighted by Crippen LogP contribution is 2.39. The van der Waals surface area contributed by atoms with Gasteiger partial charge in [0.15, 0.2) is 10.1 Å².